The molecular formula is C23H25ClN4OS. The van der Waals surface area contributed by atoms with Crippen LogP contribution in [0.25, 0.3) is 17.0 Å². The van der Waals surface area contributed by atoms with Crippen LogP contribution in [0.5, 0.6) is 0 Å². The van der Waals surface area contributed by atoms with Gasteiger partial charge in [0.1, 0.15) is 0 Å². The minimum atomic E-state index is -0.167. The molecule has 0 spiro atoms. The number of fused-ring (bicyclic) bond motifs is 1. The van der Waals surface area contributed by atoms with Gasteiger partial charge in [0, 0.05) is 47.8 Å². The zero-order valence-corrected chi connectivity index (χ0v) is 18.7. The van der Waals surface area contributed by atoms with Crippen LogP contribution in [0.4, 0.5) is 5.69 Å². The number of carbonyl (C=O) groups is 1. The lowest BCUT2D eigenvalue weighted by molar-refractivity contribution is -0.144. The topological polar surface area (TPSA) is 62.5 Å². The third-order valence-corrected chi connectivity index (χ3v) is 6.82. The summed E-state index contributed by atoms with van der Waals surface area (Å²) in [5, 5.41) is 0.943. The first-order valence-electron chi connectivity index (χ1n) is 10.0. The number of nitrogens with two attached hydrogens (primary N) is 1. The maximum absolute atomic E-state index is 13.0. The highest BCUT2D eigenvalue weighted by atomic mass is 35.5. The fourth-order valence-electron chi connectivity index (χ4n) is 4.03. The maximum atomic E-state index is 13.0. The second-order valence-corrected chi connectivity index (χ2v) is 9.48. The Bertz CT molecular complexity index is 1100. The Hall–Kier alpha value is -2.41. The predicted octanol–water partition coefficient (Wildman–Crippen LogP) is 4.67. The van der Waals surface area contributed by atoms with Gasteiger partial charge in [0.15, 0.2) is 0 Å². The third kappa shape index (κ3) is 4.36. The number of hydrogen-bond acceptors (Lipinski definition) is 5. The Kier molecular flexibility index (Phi) is 6.09. The second kappa shape index (κ2) is 8.76. The van der Waals surface area contributed by atoms with Gasteiger partial charge in [-0.25, -0.2) is 0 Å². The van der Waals surface area contributed by atoms with E-state index in [4.69, 9.17) is 17.3 Å². The van der Waals surface area contributed by atoms with Crippen molar-refractivity contribution in [3.8, 4) is 0 Å². The van der Waals surface area contributed by atoms with Crippen LogP contribution >= 0.6 is 22.9 Å². The quantitative estimate of drug-likeness (QED) is 0.626. The van der Waals surface area contributed by atoms with Crippen molar-refractivity contribution in [2.24, 2.45) is 0 Å². The Morgan fingerprint density at radius 3 is 2.87 bits per heavy atom. The van der Waals surface area contributed by atoms with Crippen molar-refractivity contribution in [1.82, 2.24) is 14.8 Å². The molecule has 1 fully saturated rings. The highest BCUT2D eigenvalue weighted by Crippen LogP contribution is 2.24. The van der Waals surface area contributed by atoms with E-state index in [0.29, 0.717) is 13.1 Å². The highest BCUT2D eigenvalue weighted by molar-refractivity contribution is 7.16. The summed E-state index contributed by atoms with van der Waals surface area (Å²) in [6.07, 6.45) is 5.89. The Balaban J connectivity index is 1.43. The predicted molar refractivity (Wildman–Crippen MR) is 126 cm³/mol. The van der Waals surface area contributed by atoms with E-state index in [2.05, 4.69) is 29.0 Å². The van der Waals surface area contributed by atoms with Crippen LogP contribution < -0.4 is 5.73 Å². The minimum Gasteiger partial charge on any atom is -0.398 e. The number of thiophene rings is 1. The van der Waals surface area contributed by atoms with Gasteiger partial charge in [-0.2, -0.15) is 0 Å². The summed E-state index contributed by atoms with van der Waals surface area (Å²) in [7, 11) is 0. The molecular weight excluding hydrogens is 416 g/mol. The van der Waals surface area contributed by atoms with E-state index in [0.717, 1.165) is 37.9 Å². The number of halogens is 1. The number of pyridine rings is 1. The van der Waals surface area contributed by atoms with Gasteiger partial charge in [-0.15, -0.1) is 11.3 Å². The number of anilines is 1. The van der Waals surface area contributed by atoms with Crippen LogP contribution in [0, 0.1) is 0 Å². The summed E-state index contributed by atoms with van der Waals surface area (Å²) in [4.78, 5) is 22.8. The van der Waals surface area contributed by atoms with Crippen LogP contribution in [-0.2, 0) is 11.3 Å². The number of amides is 1. The number of nitrogens with zero attached hydrogens (tertiary/aromatic N) is 3. The van der Waals surface area contributed by atoms with Crippen molar-refractivity contribution in [3.63, 3.8) is 0 Å². The second-order valence-electron chi connectivity index (χ2n) is 7.74. The largest absolute Gasteiger partial charge is 0.398 e. The lowest BCUT2D eigenvalue weighted by atomic mass is 10.0. The van der Waals surface area contributed by atoms with E-state index in [1.165, 1.54) is 0 Å². The maximum Gasteiger partial charge on any atom is 0.240 e. The van der Waals surface area contributed by atoms with Crippen molar-refractivity contribution in [2.75, 3.05) is 18.8 Å². The molecule has 0 saturated carbocycles. The van der Waals surface area contributed by atoms with Crippen LogP contribution in [0.15, 0.2) is 48.7 Å². The van der Waals surface area contributed by atoms with E-state index in [-0.39, 0.29) is 18.0 Å². The molecule has 30 heavy (non-hydrogen) atoms. The SMILES string of the molecule is C[C@H]1CN(Cc2ccc3c(N)ccnc3c2)C(=O)[C@H](C)N1C/C=C/c1ccc(Cl)s1. The number of aromatic nitrogens is 1. The summed E-state index contributed by atoms with van der Waals surface area (Å²) in [6.45, 7) is 6.18. The van der Waals surface area contributed by atoms with Gasteiger partial charge in [0.05, 0.1) is 15.9 Å². The smallest absolute Gasteiger partial charge is 0.240 e. The lowest BCUT2D eigenvalue weighted by Gasteiger charge is -2.43. The molecule has 0 bridgehead atoms. The van der Waals surface area contributed by atoms with E-state index < -0.39 is 0 Å². The van der Waals surface area contributed by atoms with E-state index in [9.17, 15) is 4.79 Å². The molecule has 0 unspecified atom stereocenters. The number of rotatable bonds is 5. The molecule has 3 aromatic rings. The van der Waals surface area contributed by atoms with E-state index in [1.54, 1.807) is 23.6 Å². The van der Waals surface area contributed by atoms with E-state index >= 15 is 0 Å². The first-order valence-corrected chi connectivity index (χ1v) is 11.2. The van der Waals surface area contributed by atoms with Crippen molar-refractivity contribution >= 4 is 51.5 Å². The molecule has 156 valence electrons. The Morgan fingerprint density at radius 2 is 2.10 bits per heavy atom. The van der Waals surface area contributed by atoms with Crippen LogP contribution in [0.2, 0.25) is 4.34 Å². The van der Waals surface area contributed by atoms with Gasteiger partial charge in [-0.1, -0.05) is 29.8 Å². The highest BCUT2D eigenvalue weighted by Gasteiger charge is 2.35. The molecule has 2 atom stereocenters. The van der Waals surface area contributed by atoms with Crippen molar-refractivity contribution in [2.45, 2.75) is 32.5 Å². The zero-order chi connectivity index (χ0) is 21.3. The number of piperazine rings is 1. The van der Waals surface area contributed by atoms with Gasteiger partial charge in [-0.05, 0) is 49.8 Å². The number of nitrogen functional groups attached to an aromatic ring is 1. The van der Waals surface area contributed by atoms with Gasteiger partial charge in [0.2, 0.25) is 5.91 Å². The van der Waals surface area contributed by atoms with Gasteiger partial charge >= 0.3 is 0 Å². The molecule has 1 aliphatic heterocycles. The molecule has 1 aromatic carbocycles. The van der Waals surface area contributed by atoms with Crippen LogP contribution in [0.3, 0.4) is 0 Å². The van der Waals surface area contributed by atoms with Crippen molar-refractivity contribution in [3.05, 3.63) is 63.4 Å². The molecule has 1 saturated heterocycles. The van der Waals surface area contributed by atoms with Crippen molar-refractivity contribution in [1.29, 1.82) is 0 Å². The average molecular weight is 441 g/mol. The van der Waals surface area contributed by atoms with E-state index in [1.807, 2.05) is 42.2 Å². The molecule has 2 N–H and O–H groups in total. The molecule has 5 nitrogen and oxygen atoms in total. The molecule has 0 aliphatic carbocycles. The van der Waals surface area contributed by atoms with Gasteiger partial charge in [0.25, 0.3) is 0 Å². The van der Waals surface area contributed by atoms with Gasteiger partial charge < -0.3 is 10.6 Å². The first-order chi connectivity index (χ1) is 14.4. The molecule has 3 heterocycles. The molecule has 1 aliphatic rings. The normalized spacial score (nSPS) is 20.5. The van der Waals surface area contributed by atoms with Crippen molar-refractivity contribution < 1.29 is 4.79 Å². The van der Waals surface area contributed by atoms with Gasteiger partial charge in [-0.3, -0.25) is 14.7 Å². The molecule has 4 rings (SSSR count). The summed E-state index contributed by atoms with van der Waals surface area (Å²) in [5.41, 5.74) is 8.67. The fraction of sp³-hybridized carbons (Fsp3) is 0.304. The van der Waals surface area contributed by atoms with Crippen LogP contribution in [0.1, 0.15) is 24.3 Å². The minimum absolute atomic E-state index is 0.154. The first kappa shape index (κ1) is 20.8. The van der Waals surface area contributed by atoms with Crippen LogP contribution in [-0.4, -0.2) is 45.9 Å². The lowest BCUT2D eigenvalue weighted by Crippen LogP contribution is -2.59. The summed E-state index contributed by atoms with van der Waals surface area (Å²) < 4.78 is 0.784. The summed E-state index contributed by atoms with van der Waals surface area (Å²) >= 11 is 7.54. The molecule has 0 radical (unpaired) electrons. The number of carbonyl (C=O) groups excluding carboxylic acids is 1. The fourth-order valence-corrected chi connectivity index (χ4v) is 5.02. The zero-order valence-electron chi connectivity index (χ0n) is 17.1. The molecule has 1 amide bonds. The standard InChI is InChI=1S/C23H25ClN4OS/c1-15-13-27(14-17-5-7-19-20(25)9-10-26-21(19)12-17)23(29)16(2)28(15)11-3-4-18-6-8-22(24)30-18/h3-10,12,15-16H,11,13-14H2,1-2H3,(H2,25,26)/b4-3+/t15-,16-/m0/s1. The number of benzene rings is 1. The molecule has 7 heteroatoms. The Morgan fingerprint density at radius 1 is 1.27 bits per heavy atom. The summed E-state index contributed by atoms with van der Waals surface area (Å²) in [6, 6.07) is 11.8. The average Bonchev–Trinajstić information content (AvgIpc) is 3.14. The Labute approximate surface area is 185 Å². The molecule has 2 aromatic heterocycles. The summed E-state index contributed by atoms with van der Waals surface area (Å²) in [5.74, 6) is 0.154. The number of hydrogen-bond donors (Lipinski definition) is 1. The third-order valence-electron chi connectivity index (χ3n) is 5.62. The monoisotopic (exact) mass is 440 g/mol.